The van der Waals surface area contributed by atoms with Crippen LogP contribution < -0.4 is 21.2 Å². The maximum absolute atomic E-state index is 16.0. The number of aliphatic carboxylic acids is 2. The van der Waals surface area contributed by atoms with Gasteiger partial charge in [0.05, 0.1) is 48.1 Å². The zero-order valence-electron chi connectivity index (χ0n) is 38.9. The number of carboxylic acids is 2. The Morgan fingerprint density at radius 3 is 1.63 bits per heavy atom. The van der Waals surface area contributed by atoms with Crippen molar-refractivity contribution in [3.8, 4) is 11.8 Å². The summed E-state index contributed by atoms with van der Waals surface area (Å²) < 4.78 is 30.2. The molecule has 13 unspecified atom stereocenters. The second-order valence-corrected chi connectivity index (χ2v) is 23.3. The van der Waals surface area contributed by atoms with Crippen molar-refractivity contribution in [2.75, 3.05) is 0 Å². The lowest BCUT2D eigenvalue weighted by Crippen LogP contribution is -2.49. The number of hydrogen-bond acceptors (Lipinski definition) is 7. The molecule has 67 heavy (non-hydrogen) atoms. The van der Waals surface area contributed by atoms with Gasteiger partial charge in [-0.3, -0.25) is 19.2 Å². The third-order valence-electron chi connectivity index (χ3n) is 15.6. The van der Waals surface area contributed by atoms with Gasteiger partial charge in [-0.15, -0.1) is 0 Å². The van der Waals surface area contributed by atoms with Gasteiger partial charge in [0.2, 0.25) is 11.8 Å². The molecule has 8 rings (SSSR count). The van der Waals surface area contributed by atoms with E-state index in [4.69, 9.17) is 9.47 Å². The number of carboxylic acid groups (broad SMARTS) is 2. The topological polar surface area (TPSA) is 168 Å². The zero-order valence-corrected chi connectivity index (χ0v) is 39.8. The first kappa shape index (κ1) is 48.7. The highest BCUT2D eigenvalue weighted by atomic mass is 31.2. The van der Waals surface area contributed by atoms with Crippen molar-refractivity contribution >= 4 is 41.5 Å². The maximum atomic E-state index is 16.0. The Kier molecular flexibility index (Phi) is 16.4. The Morgan fingerprint density at radius 1 is 0.552 bits per heavy atom. The van der Waals surface area contributed by atoms with Gasteiger partial charge in [-0.2, -0.15) is 0 Å². The number of rotatable bonds is 13. The highest BCUT2D eigenvalue weighted by Crippen LogP contribution is 2.55. The number of ether oxygens (including phenoxy) is 2. The van der Waals surface area contributed by atoms with E-state index < -0.39 is 48.9 Å². The molecule has 5 saturated carbocycles. The van der Waals surface area contributed by atoms with Crippen LogP contribution in [0.2, 0.25) is 0 Å². The van der Waals surface area contributed by atoms with Crippen molar-refractivity contribution in [2.24, 2.45) is 35.5 Å². The molecule has 3 aromatic rings. The van der Waals surface area contributed by atoms with E-state index in [0.717, 1.165) is 61.1 Å². The van der Waals surface area contributed by atoms with Crippen LogP contribution in [0.1, 0.15) is 122 Å². The molecule has 0 spiro atoms. The Labute approximate surface area is 396 Å². The molecular formula is C55H69N2O9P. The predicted molar refractivity (Wildman–Crippen MR) is 258 cm³/mol. The molecule has 5 aliphatic carbocycles. The minimum Gasteiger partial charge on any atom is -0.481 e. The monoisotopic (exact) mass is 932 g/mol. The number of nitrogens with one attached hydrogen (secondary N) is 2. The summed E-state index contributed by atoms with van der Waals surface area (Å²) in [6.07, 6.45) is 10.5. The fourth-order valence-corrected chi connectivity index (χ4v) is 15.6. The van der Waals surface area contributed by atoms with E-state index >= 15 is 4.57 Å². The maximum Gasteiger partial charge on any atom is 0.307 e. The van der Waals surface area contributed by atoms with Gasteiger partial charge in [0.1, 0.15) is 7.14 Å². The van der Waals surface area contributed by atoms with E-state index in [0.29, 0.717) is 70.1 Å². The summed E-state index contributed by atoms with van der Waals surface area (Å²) in [6.45, 7) is 2.09. The lowest BCUT2D eigenvalue weighted by atomic mass is 9.73. The molecule has 3 aromatic carbocycles. The summed E-state index contributed by atoms with van der Waals surface area (Å²) in [6, 6.07) is 28.9. The fourth-order valence-electron chi connectivity index (χ4n) is 12.1. The highest BCUT2D eigenvalue weighted by molar-refractivity contribution is 7.79. The molecule has 0 aromatic heterocycles. The average Bonchev–Trinajstić information content (AvgIpc) is 3.34. The normalized spacial score (nSPS) is 32.4. The Hall–Kier alpha value is -4.75. The lowest BCUT2D eigenvalue weighted by molar-refractivity contribution is -0.150. The van der Waals surface area contributed by atoms with E-state index in [1.807, 2.05) is 91.0 Å². The molecule has 0 bridgehead atoms. The quantitative estimate of drug-likeness (QED) is 0.0971. The summed E-state index contributed by atoms with van der Waals surface area (Å²) in [4.78, 5) is 52.2. The summed E-state index contributed by atoms with van der Waals surface area (Å²) in [5, 5.41) is 28.2. The Bertz CT molecular complexity index is 2220. The average molecular weight is 933 g/mol. The number of carbonyl (C=O) groups excluding carboxylic acids is 2. The second-order valence-electron chi connectivity index (χ2n) is 20.3. The number of carbonyl (C=O) groups is 4. The van der Waals surface area contributed by atoms with Crippen molar-refractivity contribution in [2.45, 2.75) is 158 Å². The van der Waals surface area contributed by atoms with Gasteiger partial charge < -0.3 is 34.9 Å². The van der Waals surface area contributed by atoms with Crippen molar-refractivity contribution in [1.29, 1.82) is 0 Å². The molecule has 5 fully saturated rings. The smallest absolute Gasteiger partial charge is 0.307 e. The molecule has 13 atom stereocenters. The van der Waals surface area contributed by atoms with Crippen molar-refractivity contribution in [3.05, 3.63) is 96.6 Å². The van der Waals surface area contributed by atoms with E-state index in [2.05, 4.69) is 29.4 Å². The van der Waals surface area contributed by atoms with Crippen molar-refractivity contribution in [3.63, 3.8) is 0 Å². The Balaban J connectivity index is 0.967. The molecule has 12 heteroatoms. The first-order valence-corrected chi connectivity index (χ1v) is 26.9. The van der Waals surface area contributed by atoms with Gasteiger partial charge in [0.15, 0.2) is 0 Å². The van der Waals surface area contributed by atoms with Crippen LogP contribution in [0.4, 0.5) is 0 Å². The highest BCUT2D eigenvalue weighted by Gasteiger charge is 2.48. The van der Waals surface area contributed by atoms with Crippen LogP contribution in [-0.4, -0.2) is 76.1 Å². The zero-order chi connectivity index (χ0) is 46.9. The van der Waals surface area contributed by atoms with Gasteiger partial charge in [-0.05, 0) is 121 Å². The largest absolute Gasteiger partial charge is 0.481 e. The first-order valence-electron chi connectivity index (χ1n) is 25.1. The van der Waals surface area contributed by atoms with Crippen LogP contribution in [0.25, 0.3) is 0 Å². The van der Waals surface area contributed by atoms with Crippen molar-refractivity contribution < 1.29 is 43.4 Å². The molecule has 11 nitrogen and oxygen atoms in total. The van der Waals surface area contributed by atoms with Gasteiger partial charge in [0.25, 0.3) is 0 Å². The van der Waals surface area contributed by atoms with Gasteiger partial charge in [-0.25, -0.2) is 0 Å². The van der Waals surface area contributed by atoms with Gasteiger partial charge >= 0.3 is 11.9 Å². The molecule has 358 valence electrons. The third-order valence-corrected chi connectivity index (χ3v) is 19.3. The molecule has 0 aliphatic heterocycles. The van der Waals surface area contributed by atoms with Crippen LogP contribution in [-0.2, 0) is 33.2 Å². The molecule has 5 aliphatic rings. The summed E-state index contributed by atoms with van der Waals surface area (Å²) in [7, 11) is -3.26. The summed E-state index contributed by atoms with van der Waals surface area (Å²) in [5.41, 5.74) is 0.572. The summed E-state index contributed by atoms with van der Waals surface area (Å²) in [5.74, 6) is 1.92. The van der Waals surface area contributed by atoms with Gasteiger partial charge in [0, 0.05) is 46.3 Å². The Morgan fingerprint density at radius 2 is 1.06 bits per heavy atom. The van der Waals surface area contributed by atoms with E-state index in [1.54, 1.807) is 0 Å². The predicted octanol–water partition coefficient (Wildman–Crippen LogP) is 8.48. The van der Waals surface area contributed by atoms with Crippen molar-refractivity contribution in [1.82, 2.24) is 10.6 Å². The van der Waals surface area contributed by atoms with Crippen LogP contribution in [0, 0.1) is 47.3 Å². The standard InChI is InChI=1S/C55H69N2O9P/c1-36-23-28-46(54(60)61)48(31-36)52(58)56-39-15-11-17-41(33-39)65-43-27-30-51(67(64,44-19-7-3-8-20-44)45-21-9-4-10-22-45)50(35-43)66-42-18-12-16-40(34-42)57-53(59)49-32-38(26-29-47(49)55(62)63)25-24-37-13-5-2-6-14-37/h2-10,13-14,19-22,36,38-43,46-51H,11-12,15-18,23,26-35H2,1H3,(H,56,58)(H,57,59)(H,60,61)(H,62,63). The van der Waals surface area contributed by atoms with Crippen LogP contribution in [0.15, 0.2) is 91.0 Å². The second kappa shape index (κ2) is 22.6. The molecule has 0 saturated heterocycles. The fraction of sp³-hybridized carbons (Fsp3) is 0.564. The van der Waals surface area contributed by atoms with E-state index in [1.165, 1.54) is 0 Å². The third kappa shape index (κ3) is 12.1. The minimum absolute atomic E-state index is 0.0763. The van der Waals surface area contributed by atoms with E-state index in [9.17, 15) is 29.4 Å². The SMILES string of the molecule is CC1CCC(C(=O)O)C(C(=O)NC2CCCC(OC3CCC(P(=O)(c4ccccc4)c4ccccc4)C(OC4CCCC(NC(=O)C5CC(C#Cc6ccccc6)CCC5C(=O)O)C4)C3)C2)C1. The number of amides is 2. The molecule has 0 heterocycles. The van der Waals surface area contributed by atoms with E-state index in [-0.39, 0.29) is 53.8 Å². The molecular weight excluding hydrogens is 864 g/mol. The van der Waals surface area contributed by atoms with Crippen LogP contribution in [0.3, 0.4) is 0 Å². The molecule has 0 radical (unpaired) electrons. The summed E-state index contributed by atoms with van der Waals surface area (Å²) >= 11 is 0. The number of benzene rings is 3. The van der Waals surface area contributed by atoms with Gasteiger partial charge in [-0.1, -0.05) is 97.6 Å². The number of hydrogen-bond donors (Lipinski definition) is 4. The molecule has 2 amide bonds. The van der Waals surface area contributed by atoms with Crippen LogP contribution in [0.5, 0.6) is 0 Å². The lowest BCUT2D eigenvalue weighted by Gasteiger charge is -2.44. The molecule has 4 N–H and O–H groups in total. The van der Waals surface area contributed by atoms with Crippen LogP contribution >= 0.6 is 7.14 Å². The first-order chi connectivity index (χ1) is 32.4. The minimum atomic E-state index is -3.26.